The molecule has 0 aromatic heterocycles. The second-order valence-corrected chi connectivity index (χ2v) is 5.98. The number of rotatable bonds is 6. The summed E-state index contributed by atoms with van der Waals surface area (Å²) in [5.41, 5.74) is 1.35. The second kappa shape index (κ2) is 8.08. The van der Waals surface area contributed by atoms with Crippen LogP contribution in [0.1, 0.15) is 57.4 Å². The van der Waals surface area contributed by atoms with Gasteiger partial charge in [-0.1, -0.05) is 43.7 Å². The minimum atomic E-state index is 0.00459. The van der Waals surface area contributed by atoms with Gasteiger partial charge in [0, 0.05) is 0 Å². The molecular formula is C18H26O2. The van der Waals surface area contributed by atoms with Gasteiger partial charge in [0.05, 0.1) is 5.92 Å². The van der Waals surface area contributed by atoms with Crippen molar-refractivity contribution in [2.45, 2.75) is 64.4 Å². The molecule has 0 N–H and O–H groups in total. The van der Waals surface area contributed by atoms with E-state index in [2.05, 4.69) is 24.3 Å². The molecule has 20 heavy (non-hydrogen) atoms. The number of aryl methyl sites for hydroxylation is 1. The van der Waals surface area contributed by atoms with E-state index in [1.165, 1.54) is 24.8 Å². The Kier molecular flexibility index (Phi) is 6.10. The van der Waals surface area contributed by atoms with Gasteiger partial charge in [-0.25, -0.2) is 0 Å². The number of benzene rings is 1. The summed E-state index contributed by atoms with van der Waals surface area (Å²) in [6.07, 6.45) is 9.02. The van der Waals surface area contributed by atoms with Gasteiger partial charge in [0.1, 0.15) is 6.10 Å². The summed E-state index contributed by atoms with van der Waals surface area (Å²) < 4.78 is 5.62. The fraction of sp³-hybridized carbons (Fsp3) is 0.611. The molecule has 2 nitrogen and oxygen atoms in total. The summed E-state index contributed by atoms with van der Waals surface area (Å²) in [4.78, 5) is 12.0. The summed E-state index contributed by atoms with van der Waals surface area (Å²) >= 11 is 0. The van der Waals surface area contributed by atoms with Crippen LogP contribution in [-0.2, 0) is 16.0 Å². The number of esters is 1. The van der Waals surface area contributed by atoms with Crippen molar-refractivity contribution in [1.82, 2.24) is 0 Å². The number of carbonyl (C=O) groups is 1. The first-order chi connectivity index (χ1) is 9.75. The van der Waals surface area contributed by atoms with E-state index in [1.54, 1.807) is 0 Å². The summed E-state index contributed by atoms with van der Waals surface area (Å²) in [7, 11) is 0. The molecule has 1 unspecified atom stereocenters. The van der Waals surface area contributed by atoms with Gasteiger partial charge in [0.15, 0.2) is 0 Å². The number of hydrogen-bond acceptors (Lipinski definition) is 2. The fourth-order valence-electron chi connectivity index (χ4n) is 2.84. The minimum Gasteiger partial charge on any atom is -0.462 e. The van der Waals surface area contributed by atoms with Crippen LogP contribution in [0.4, 0.5) is 0 Å². The molecule has 110 valence electrons. The second-order valence-electron chi connectivity index (χ2n) is 5.98. The summed E-state index contributed by atoms with van der Waals surface area (Å²) in [5, 5.41) is 0. The van der Waals surface area contributed by atoms with Gasteiger partial charge in [0.2, 0.25) is 0 Å². The zero-order chi connectivity index (χ0) is 14.2. The van der Waals surface area contributed by atoms with Gasteiger partial charge in [-0.05, 0) is 50.5 Å². The Hall–Kier alpha value is -1.31. The minimum absolute atomic E-state index is 0.00459. The summed E-state index contributed by atoms with van der Waals surface area (Å²) in [6, 6.07) is 10.5. The zero-order valence-electron chi connectivity index (χ0n) is 12.5. The van der Waals surface area contributed by atoms with Crippen molar-refractivity contribution < 1.29 is 9.53 Å². The first kappa shape index (κ1) is 15.1. The lowest BCUT2D eigenvalue weighted by Crippen LogP contribution is -2.24. The topological polar surface area (TPSA) is 26.3 Å². The van der Waals surface area contributed by atoms with Crippen LogP contribution in [0.15, 0.2) is 30.3 Å². The van der Waals surface area contributed by atoms with Crippen LogP contribution in [0.25, 0.3) is 0 Å². The van der Waals surface area contributed by atoms with E-state index in [0.29, 0.717) is 0 Å². The molecule has 1 saturated carbocycles. The van der Waals surface area contributed by atoms with Gasteiger partial charge in [-0.3, -0.25) is 4.79 Å². The predicted octanol–water partition coefficient (Wildman–Crippen LogP) is 4.52. The molecule has 1 aromatic carbocycles. The third kappa shape index (κ3) is 4.99. The molecule has 0 spiro atoms. The summed E-state index contributed by atoms with van der Waals surface area (Å²) in [5.74, 6) is 0.0330. The molecule has 2 rings (SSSR count). The first-order valence-electron chi connectivity index (χ1n) is 8.00. The van der Waals surface area contributed by atoms with E-state index in [4.69, 9.17) is 4.74 Å². The monoisotopic (exact) mass is 274 g/mol. The molecule has 0 aliphatic heterocycles. The highest BCUT2D eigenvalue weighted by Gasteiger charge is 2.21. The Morgan fingerprint density at radius 2 is 1.90 bits per heavy atom. The van der Waals surface area contributed by atoms with Gasteiger partial charge in [-0.15, -0.1) is 0 Å². The maximum Gasteiger partial charge on any atom is 0.308 e. The average Bonchev–Trinajstić information content (AvgIpc) is 2.49. The number of ether oxygens (including phenoxy) is 1. The van der Waals surface area contributed by atoms with Gasteiger partial charge < -0.3 is 4.74 Å². The maximum atomic E-state index is 12.0. The number of hydrogen-bond donors (Lipinski definition) is 0. The average molecular weight is 274 g/mol. The van der Waals surface area contributed by atoms with Gasteiger partial charge in [-0.2, -0.15) is 0 Å². The van der Waals surface area contributed by atoms with Crippen LogP contribution in [0.3, 0.4) is 0 Å². The van der Waals surface area contributed by atoms with Crippen molar-refractivity contribution in [2.24, 2.45) is 5.92 Å². The van der Waals surface area contributed by atoms with E-state index in [9.17, 15) is 4.79 Å². The lowest BCUT2D eigenvalue weighted by Gasteiger charge is -2.23. The van der Waals surface area contributed by atoms with Crippen molar-refractivity contribution in [3.63, 3.8) is 0 Å². The SMILES string of the molecule is CC(CCCc1ccccc1)C(=O)OC1CCCCC1. The first-order valence-corrected chi connectivity index (χ1v) is 8.00. The normalized spacial score (nSPS) is 17.6. The highest BCUT2D eigenvalue weighted by molar-refractivity contribution is 5.72. The lowest BCUT2D eigenvalue weighted by atomic mass is 9.97. The van der Waals surface area contributed by atoms with Crippen LogP contribution in [0, 0.1) is 5.92 Å². The zero-order valence-corrected chi connectivity index (χ0v) is 12.5. The third-order valence-electron chi connectivity index (χ3n) is 4.18. The molecule has 1 aliphatic carbocycles. The smallest absolute Gasteiger partial charge is 0.308 e. The van der Waals surface area contributed by atoms with Crippen molar-refractivity contribution in [3.8, 4) is 0 Å². The molecule has 1 aliphatic rings. The Labute approximate surface area is 122 Å². The number of carbonyl (C=O) groups excluding carboxylic acids is 1. The third-order valence-corrected chi connectivity index (χ3v) is 4.18. The molecule has 0 saturated heterocycles. The summed E-state index contributed by atoms with van der Waals surface area (Å²) in [6.45, 7) is 2.00. The van der Waals surface area contributed by atoms with E-state index in [0.717, 1.165) is 32.1 Å². The van der Waals surface area contributed by atoms with E-state index < -0.39 is 0 Å². The lowest BCUT2D eigenvalue weighted by molar-refractivity contribution is -0.155. The van der Waals surface area contributed by atoms with Crippen LogP contribution in [0.2, 0.25) is 0 Å². The van der Waals surface area contributed by atoms with Crippen molar-refractivity contribution in [3.05, 3.63) is 35.9 Å². The highest BCUT2D eigenvalue weighted by atomic mass is 16.5. The van der Waals surface area contributed by atoms with Gasteiger partial charge in [0.25, 0.3) is 0 Å². The largest absolute Gasteiger partial charge is 0.462 e. The molecular weight excluding hydrogens is 248 g/mol. The van der Waals surface area contributed by atoms with Crippen molar-refractivity contribution in [1.29, 1.82) is 0 Å². The fourth-order valence-corrected chi connectivity index (χ4v) is 2.84. The Balaban J connectivity index is 1.65. The Bertz CT molecular complexity index is 393. The molecule has 0 radical (unpaired) electrons. The van der Waals surface area contributed by atoms with Crippen molar-refractivity contribution >= 4 is 5.97 Å². The van der Waals surface area contributed by atoms with Crippen LogP contribution in [-0.4, -0.2) is 12.1 Å². The van der Waals surface area contributed by atoms with Crippen LogP contribution in [0.5, 0.6) is 0 Å². The van der Waals surface area contributed by atoms with E-state index in [-0.39, 0.29) is 18.0 Å². The Morgan fingerprint density at radius 1 is 1.20 bits per heavy atom. The molecule has 1 fully saturated rings. The van der Waals surface area contributed by atoms with Crippen LogP contribution < -0.4 is 0 Å². The maximum absolute atomic E-state index is 12.0. The standard InChI is InChI=1S/C18H26O2/c1-15(9-8-12-16-10-4-2-5-11-16)18(19)20-17-13-6-3-7-14-17/h2,4-5,10-11,15,17H,3,6-9,12-14H2,1H3. The molecule has 2 heteroatoms. The Morgan fingerprint density at radius 3 is 2.60 bits per heavy atom. The van der Waals surface area contributed by atoms with E-state index >= 15 is 0 Å². The molecule has 0 amide bonds. The van der Waals surface area contributed by atoms with Crippen LogP contribution >= 0.6 is 0 Å². The van der Waals surface area contributed by atoms with Crippen molar-refractivity contribution in [2.75, 3.05) is 0 Å². The molecule has 1 aromatic rings. The molecule has 0 bridgehead atoms. The highest BCUT2D eigenvalue weighted by Crippen LogP contribution is 2.22. The van der Waals surface area contributed by atoms with Gasteiger partial charge >= 0.3 is 5.97 Å². The molecule has 1 atom stereocenters. The predicted molar refractivity (Wildman–Crippen MR) is 81.5 cm³/mol. The van der Waals surface area contributed by atoms with E-state index in [1.807, 2.05) is 13.0 Å². The quantitative estimate of drug-likeness (QED) is 0.713. The molecule has 0 heterocycles.